The Kier molecular flexibility index (Phi) is 4.32. The summed E-state index contributed by atoms with van der Waals surface area (Å²) in [5.41, 5.74) is 0.171. The van der Waals surface area contributed by atoms with E-state index >= 15 is 0 Å². The predicted octanol–water partition coefficient (Wildman–Crippen LogP) is 4.38. The van der Waals surface area contributed by atoms with Crippen LogP contribution in [0.2, 0.25) is 0 Å². The topological polar surface area (TPSA) is 17.1 Å². The SMILES string of the molecule is CCCCCCc1cc(=O)c2ccccc2s1. The van der Waals surface area contributed by atoms with Gasteiger partial charge in [0.15, 0.2) is 5.43 Å². The molecule has 0 fully saturated rings. The number of benzene rings is 1. The molecule has 2 rings (SSSR count). The van der Waals surface area contributed by atoms with Gasteiger partial charge in [-0.1, -0.05) is 38.3 Å². The normalized spacial score (nSPS) is 10.9. The van der Waals surface area contributed by atoms with Crippen LogP contribution in [0, 0.1) is 0 Å². The summed E-state index contributed by atoms with van der Waals surface area (Å²) in [6.07, 6.45) is 6.06. The number of aryl methyl sites for hydroxylation is 1. The fourth-order valence-electron chi connectivity index (χ4n) is 2.00. The summed E-state index contributed by atoms with van der Waals surface area (Å²) in [5.74, 6) is 0. The van der Waals surface area contributed by atoms with Crippen LogP contribution in [0.3, 0.4) is 0 Å². The average Bonchev–Trinajstić information content (AvgIpc) is 2.35. The van der Waals surface area contributed by atoms with Crippen molar-refractivity contribution in [2.24, 2.45) is 0 Å². The van der Waals surface area contributed by atoms with E-state index in [1.165, 1.54) is 30.6 Å². The van der Waals surface area contributed by atoms with Crippen LogP contribution in [0.15, 0.2) is 35.1 Å². The zero-order chi connectivity index (χ0) is 12.1. The molecule has 0 aliphatic rings. The van der Waals surface area contributed by atoms with Gasteiger partial charge in [0.2, 0.25) is 0 Å². The van der Waals surface area contributed by atoms with Gasteiger partial charge in [-0.05, 0) is 31.0 Å². The van der Waals surface area contributed by atoms with Crippen molar-refractivity contribution < 1.29 is 0 Å². The molecule has 0 spiro atoms. The quantitative estimate of drug-likeness (QED) is 0.715. The third kappa shape index (κ3) is 3.16. The van der Waals surface area contributed by atoms with E-state index in [9.17, 15) is 4.79 Å². The van der Waals surface area contributed by atoms with E-state index in [1.54, 1.807) is 11.3 Å². The first-order chi connectivity index (χ1) is 8.31. The predicted molar refractivity (Wildman–Crippen MR) is 75.9 cm³/mol. The van der Waals surface area contributed by atoms with Gasteiger partial charge in [-0.2, -0.15) is 0 Å². The summed E-state index contributed by atoms with van der Waals surface area (Å²) in [6, 6.07) is 9.70. The summed E-state index contributed by atoms with van der Waals surface area (Å²) < 4.78 is 1.12. The molecular weight excluding hydrogens is 228 g/mol. The molecule has 90 valence electrons. The molecule has 1 heterocycles. The Morgan fingerprint density at radius 3 is 2.76 bits per heavy atom. The lowest BCUT2D eigenvalue weighted by atomic mass is 10.1. The van der Waals surface area contributed by atoms with E-state index in [4.69, 9.17) is 0 Å². The Morgan fingerprint density at radius 1 is 1.12 bits per heavy atom. The fourth-order valence-corrected chi connectivity index (χ4v) is 3.12. The minimum absolute atomic E-state index is 0.171. The van der Waals surface area contributed by atoms with Crippen LogP contribution in [0.4, 0.5) is 0 Å². The van der Waals surface area contributed by atoms with E-state index in [1.807, 2.05) is 30.3 Å². The summed E-state index contributed by atoms with van der Waals surface area (Å²) in [6.45, 7) is 2.22. The van der Waals surface area contributed by atoms with Gasteiger partial charge in [-0.15, -0.1) is 11.3 Å². The van der Waals surface area contributed by atoms with Crippen LogP contribution in [-0.4, -0.2) is 0 Å². The van der Waals surface area contributed by atoms with Crippen LogP contribution in [0.5, 0.6) is 0 Å². The van der Waals surface area contributed by atoms with Gasteiger partial charge >= 0.3 is 0 Å². The van der Waals surface area contributed by atoms with Crippen LogP contribution >= 0.6 is 11.3 Å². The standard InChI is InChI=1S/C15H18OS/c1-2-3-4-5-8-12-11-14(16)13-9-6-7-10-15(13)17-12/h6-7,9-11H,2-5,8H2,1H3. The van der Waals surface area contributed by atoms with Crippen LogP contribution in [-0.2, 0) is 6.42 Å². The maximum Gasteiger partial charge on any atom is 0.188 e. The molecule has 0 bridgehead atoms. The molecular formula is C15H18OS. The monoisotopic (exact) mass is 246 g/mol. The lowest BCUT2D eigenvalue weighted by Gasteiger charge is -2.02. The van der Waals surface area contributed by atoms with Crippen molar-refractivity contribution in [2.45, 2.75) is 39.0 Å². The molecule has 0 saturated heterocycles. The van der Waals surface area contributed by atoms with E-state index < -0.39 is 0 Å². The third-order valence-electron chi connectivity index (χ3n) is 2.96. The number of hydrogen-bond donors (Lipinski definition) is 0. The van der Waals surface area contributed by atoms with Crippen molar-refractivity contribution in [2.75, 3.05) is 0 Å². The van der Waals surface area contributed by atoms with Crippen molar-refractivity contribution in [1.82, 2.24) is 0 Å². The second kappa shape index (κ2) is 5.97. The first-order valence-corrected chi connectivity index (χ1v) is 7.14. The van der Waals surface area contributed by atoms with Gasteiger partial charge in [0, 0.05) is 15.0 Å². The lowest BCUT2D eigenvalue weighted by molar-refractivity contribution is 0.670. The molecule has 2 aromatic rings. The van der Waals surface area contributed by atoms with Crippen molar-refractivity contribution in [3.05, 3.63) is 45.4 Å². The van der Waals surface area contributed by atoms with Crippen LogP contribution in [0.1, 0.15) is 37.5 Å². The minimum atomic E-state index is 0.171. The summed E-state index contributed by atoms with van der Waals surface area (Å²) in [5, 5.41) is 0.856. The molecule has 0 N–H and O–H groups in total. The first kappa shape index (κ1) is 12.3. The van der Waals surface area contributed by atoms with Gasteiger partial charge < -0.3 is 0 Å². The molecule has 0 radical (unpaired) electrons. The Morgan fingerprint density at radius 2 is 1.94 bits per heavy atom. The van der Waals surface area contributed by atoms with E-state index in [2.05, 4.69) is 6.92 Å². The first-order valence-electron chi connectivity index (χ1n) is 6.33. The average molecular weight is 246 g/mol. The lowest BCUT2D eigenvalue weighted by Crippen LogP contribution is -2.00. The van der Waals surface area contributed by atoms with Crippen LogP contribution in [0.25, 0.3) is 10.1 Å². The van der Waals surface area contributed by atoms with Gasteiger partial charge in [-0.3, -0.25) is 4.79 Å². The van der Waals surface area contributed by atoms with Gasteiger partial charge in [0.25, 0.3) is 0 Å². The molecule has 0 amide bonds. The van der Waals surface area contributed by atoms with Gasteiger partial charge in [0.05, 0.1) is 0 Å². The molecule has 0 aliphatic heterocycles. The Hall–Kier alpha value is -1.15. The molecule has 1 aromatic heterocycles. The summed E-state index contributed by atoms with van der Waals surface area (Å²) in [7, 11) is 0. The van der Waals surface area contributed by atoms with Crippen molar-refractivity contribution in [3.63, 3.8) is 0 Å². The minimum Gasteiger partial charge on any atom is -0.289 e. The van der Waals surface area contributed by atoms with E-state index in [-0.39, 0.29) is 5.43 Å². The van der Waals surface area contributed by atoms with E-state index in [0.717, 1.165) is 16.5 Å². The fraction of sp³-hybridized carbons (Fsp3) is 0.400. The molecule has 1 aromatic carbocycles. The molecule has 0 saturated carbocycles. The Bertz CT molecular complexity index is 542. The number of rotatable bonds is 5. The molecule has 0 aliphatic carbocycles. The zero-order valence-corrected chi connectivity index (χ0v) is 11.1. The molecule has 1 nitrogen and oxygen atoms in total. The van der Waals surface area contributed by atoms with Gasteiger partial charge in [0.1, 0.15) is 0 Å². The van der Waals surface area contributed by atoms with Crippen LogP contribution < -0.4 is 5.43 Å². The molecule has 0 unspecified atom stereocenters. The smallest absolute Gasteiger partial charge is 0.188 e. The zero-order valence-electron chi connectivity index (χ0n) is 10.2. The summed E-state index contributed by atoms with van der Waals surface area (Å²) in [4.78, 5) is 13.1. The van der Waals surface area contributed by atoms with Crippen molar-refractivity contribution in [3.8, 4) is 0 Å². The third-order valence-corrected chi connectivity index (χ3v) is 4.12. The highest BCUT2D eigenvalue weighted by atomic mass is 32.1. The molecule has 2 heteroatoms. The highest BCUT2D eigenvalue weighted by molar-refractivity contribution is 7.18. The maximum atomic E-state index is 11.9. The molecule has 17 heavy (non-hydrogen) atoms. The highest BCUT2D eigenvalue weighted by Crippen LogP contribution is 2.20. The largest absolute Gasteiger partial charge is 0.289 e. The van der Waals surface area contributed by atoms with Crippen molar-refractivity contribution >= 4 is 21.4 Å². The molecule has 0 atom stereocenters. The number of hydrogen-bond acceptors (Lipinski definition) is 2. The Labute approximate surface area is 106 Å². The van der Waals surface area contributed by atoms with Gasteiger partial charge in [-0.25, -0.2) is 0 Å². The Balaban J connectivity index is 2.16. The second-order valence-corrected chi connectivity index (χ2v) is 5.55. The van der Waals surface area contributed by atoms with E-state index in [0.29, 0.717) is 0 Å². The highest BCUT2D eigenvalue weighted by Gasteiger charge is 2.02. The number of fused-ring (bicyclic) bond motifs is 1. The summed E-state index contributed by atoms with van der Waals surface area (Å²) >= 11 is 1.76. The number of unbranched alkanes of at least 4 members (excludes halogenated alkanes) is 3. The second-order valence-electron chi connectivity index (χ2n) is 4.38. The maximum absolute atomic E-state index is 11.9. The van der Waals surface area contributed by atoms with Crippen molar-refractivity contribution in [1.29, 1.82) is 0 Å².